The molecule has 0 amide bonds. The van der Waals surface area contributed by atoms with E-state index in [1.807, 2.05) is 0 Å². The number of nitrogens with two attached hydrogens (primary N) is 1. The van der Waals surface area contributed by atoms with E-state index in [0.29, 0.717) is 6.42 Å². The summed E-state index contributed by atoms with van der Waals surface area (Å²) in [6, 6.07) is 0. The number of hydrogen-bond acceptors (Lipinski definition) is 4. The van der Waals surface area contributed by atoms with Crippen LogP contribution < -0.4 is 5.73 Å². The van der Waals surface area contributed by atoms with E-state index in [9.17, 15) is 4.79 Å². The SMILES string of the molecule is COC(=O)C(C)(N)CCN1CCCC1. The van der Waals surface area contributed by atoms with Crippen molar-refractivity contribution >= 4 is 5.97 Å². The van der Waals surface area contributed by atoms with Gasteiger partial charge >= 0.3 is 5.97 Å². The maximum atomic E-state index is 11.3. The minimum absolute atomic E-state index is 0.323. The molecule has 1 aliphatic rings. The van der Waals surface area contributed by atoms with Crippen molar-refractivity contribution in [2.75, 3.05) is 26.7 Å². The van der Waals surface area contributed by atoms with Gasteiger partial charge in [-0.15, -0.1) is 0 Å². The summed E-state index contributed by atoms with van der Waals surface area (Å²) in [5, 5.41) is 0. The van der Waals surface area contributed by atoms with E-state index in [-0.39, 0.29) is 5.97 Å². The second-order valence-corrected chi connectivity index (χ2v) is 4.21. The van der Waals surface area contributed by atoms with Gasteiger partial charge in [-0.25, -0.2) is 0 Å². The monoisotopic (exact) mass is 200 g/mol. The molecule has 0 aliphatic carbocycles. The van der Waals surface area contributed by atoms with Gasteiger partial charge in [0.1, 0.15) is 5.54 Å². The molecule has 0 aromatic carbocycles. The van der Waals surface area contributed by atoms with Crippen LogP contribution in [0.4, 0.5) is 0 Å². The van der Waals surface area contributed by atoms with Gasteiger partial charge in [0.15, 0.2) is 0 Å². The highest BCUT2D eigenvalue weighted by Crippen LogP contribution is 2.13. The van der Waals surface area contributed by atoms with Crippen molar-refractivity contribution in [3.8, 4) is 0 Å². The quantitative estimate of drug-likeness (QED) is 0.666. The van der Waals surface area contributed by atoms with Crippen molar-refractivity contribution < 1.29 is 9.53 Å². The Labute approximate surface area is 85.4 Å². The molecular weight excluding hydrogens is 180 g/mol. The molecule has 1 unspecified atom stereocenters. The van der Waals surface area contributed by atoms with Crippen molar-refractivity contribution in [3.05, 3.63) is 0 Å². The molecule has 0 radical (unpaired) electrons. The van der Waals surface area contributed by atoms with Crippen LogP contribution in [0.25, 0.3) is 0 Å². The molecule has 0 saturated carbocycles. The van der Waals surface area contributed by atoms with Crippen LogP contribution in [0, 0.1) is 0 Å². The summed E-state index contributed by atoms with van der Waals surface area (Å²) in [7, 11) is 1.38. The maximum absolute atomic E-state index is 11.3. The van der Waals surface area contributed by atoms with Gasteiger partial charge in [-0.3, -0.25) is 4.79 Å². The smallest absolute Gasteiger partial charge is 0.325 e. The van der Waals surface area contributed by atoms with Crippen molar-refractivity contribution in [1.82, 2.24) is 4.90 Å². The first kappa shape index (κ1) is 11.5. The number of carbonyl (C=O) groups is 1. The Hall–Kier alpha value is -0.610. The molecule has 14 heavy (non-hydrogen) atoms. The van der Waals surface area contributed by atoms with Crippen molar-refractivity contribution in [2.24, 2.45) is 5.73 Å². The first-order valence-corrected chi connectivity index (χ1v) is 5.16. The van der Waals surface area contributed by atoms with E-state index in [2.05, 4.69) is 9.64 Å². The molecule has 82 valence electrons. The second kappa shape index (κ2) is 4.75. The Kier molecular flexibility index (Phi) is 3.89. The van der Waals surface area contributed by atoms with Crippen LogP contribution in [0.2, 0.25) is 0 Å². The third kappa shape index (κ3) is 2.96. The van der Waals surface area contributed by atoms with Gasteiger partial charge in [0.2, 0.25) is 0 Å². The highest BCUT2D eigenvalue weighted by Gasteiger charge is 2.29. The standard InChI is InChI=1S/C10H20N2O2/c1-10(11,9(13)14-2)5-8-12-6-3-4-7-12/h3-8,11H2,1-2H3. The van der Waals surface area contributed by atoms with Gasteiger partial charge in [-0.2, -0.15) is 0 Å². The normalized spacial score (nSPS) is 21.9. The summed E-state index contributed by atoms with van der Waals surface area (Å²) >= 11 is 0. The largest absolute Gasteiger partial charge is 0.468 e. The molecule has 4 nitrogen and oxygen atoms in total. The third-order valence-corrected chi connectivity index (χ3v) is 2.80. The molecule has 1 fully saturated rings. The second-order valence-electron chi connectivity index (χ2n) is 4.21. The number of carbonyl (C=O) groups excluding carboxylic acids is 1. The van der Waals surface area contributed by atoms with Crippen LogP contribution in [-0.2, 0) is 9.53 Å². The molecule has 0 spiro atoms. The van der Waals surface area contributed by atoms with Crippen LogP contribution in [0.3, 0.4) is 0 Å². The summed E-state index contributed by atoms with van der Waals surface area (Å²) in [6.07, 6.45) is 3.19. The molecular formula is C10H20N2O2. The number of methoxy groups -OCH3 is 1. The summed E-state index contributed by atoms with van der Waals surface area (Å²) < 4.78 is 4.65. The Bertz CT molecular complexity index is 198. The zero-order valence-electron chi connectivity index (χ0n) is 9.08. The number of likely N-dealkylation sites (tertiary alicyclic amines) is 1. The highest BCUT2D eigenvalue weighted by atomic mass is 16.5. The van der Waals surface area contributed by atoms with Gasteiger partial charge in [-0.05, 0) is 39.3 Å². The van der Waals surface area contributed by atoms with E-state index >= 15 is 0 Å². The summed E-state index contributed by atoms with van der Waals surface area (Å²) in [5.41, 5.74) is 5.01. The molecule has 0 aromatic rings. The lowest BCUT2D eigenvalue weighted by Crippen LogP contribution is -2.47. The van der Waals surface area contributed by atoms with Crippen LogP contribution in [0.15, 0.2) is 0 Å². The van der Waals surface area contributed by atoms with Crippen LogP contribution >= 0.6 is 0 Å². The third-order valence-electron chi connectivity index (χ3n) is 2.80. The van der Waals surface area contributed by atoms with Crippen molar-refractivity contribution in [1.29, 1.82) is 0 Å². The summed E-state index contributed by atoms with van der Waals surface area (Å²) in [6.45, 7) is 4.89. The fourth-order valence-corrected chi connectivity index (χ4v) is 1.73. The number of hydrogen-bond donors (Lipinski definition) is 1. The van der Waals surface area contributed by atoms with Crippen molar-refractivity contribution in [3.63, 3.8) is 0 Å². The fourth-order valence-electron chi connectivity index (χ4n) is 1.73. The Balaban J connectivity index is 2.31. The van der Waals surface area contributed by atoms with Gasteiger partial charge in [0, 0.05) is 6.54 Å². The predicted molar refractivity (Wildman–Crippen MR) is 54.9 cm³/mol. The van der Waals surface area contributed by atoms with Gasteiger partial charge in [0.25, 0.3) is 0 Å². The zero-order valence-corrected chi connectivity index (χ0v) is 9.08. The lowest BCUT2D eigenvalue weighted by molar-refractivity contribution is -0.146. The molecule has 1 aliphatic heterocycles. The van der Waals surface area contributed by atoms with E-state index in [0.717, 1.165) is 19.6 Å². The van der Waals surface area contributed by atoms with E-state index in [1.165, 1.54) is 20.0 Å². The maximum Gasteiger partial charge on any atom is 0.325 e. The first-order chi connectivity index (χ1) is 6.56. The van der Waals surface area contributed by atoms with E-state index < -0.39 is 5.54 Å². The van der Waals surface area contributed by atoms with Crippen LogP contribution in [0.5, 0.6) is 0 Å². The average molecular weight is 200 g/mol. The molecule has 1 rings (SSSR count). The summed E-state index contributed by atoms with van der Waals surface area (Å²) in [5.74, 6) is -0.323. The Morgan fingerprint density at radius 3 is 2.57 bits per heavy atom. The average Bonchev–Trinajstić information content (AvgIpc) is 2.66. The van der Waals surface area contributed by atoms with Gasteiger partial charge in [-0.1, -0.05) is 0 Å². The molecule has 0 aromatic heterocycles. The van der Waals surface area contributed by atoms with Crippen LogP contribution in [-0.4, -0.2) is 43.2 Å². The molecule has 1 atom stereocenters. The Morgan fingerprint density at radius 2 is 2.07 bits per heavy atom. The van der Waals surface area contributed by atoms with Gasteiger partial charge < -0.3 is 15.4 Å². The lowest BCUT2D eigenvalue weighted by Gasteiger charge is -2.24. The predicted octanol–water partition coefficient (Wildman–Crippen LogP) is 0.363. The zero-order chi connectivity index (χ0) is 10.6. The molecule has 1 heterocycles. The Morgan fingerprint density at radius 1 is 1.50 bits per heavy atom. The van der Waals surface area contributed by atoms with E-state index in [1.54, 1.807) is 6.92 Å². The lowest BCUT2D eigenvalue weighted by atomic mass is 9.99. The van der Waals surface area contributed by atoms with Crippen molar-refractivity contribution in [2.45, 2.75) is 31.7 Å². The van der Waals surface area contributed by atoms with E-state index in [4.69, 9.17) is 5.73 Å². The number of nitrogens with zero attached hydrogens (tertiary/aromatic N) is 1. The minimum Gasteiger partial charge on any atom is -0.468 e. The highest BCUT2D eigenvalue weighted by molar-refractivity contribution is 5.79. The number of esters is 1. The number of rotatable bonds is 4. The van der Waals surface area contributed by atoms with Gasteiger partial charge in [0.05, 0.1) is 7.11 Å². The fraction of sp³-hybridized carbons (Fsp3) is 0.900. The topological polar surface area (TPSA) is 55.6 Å². The molecule has 0 bridgehead atoms. The van der Waals surface area contributed by atoms with Crippen LogP contribution in [0.1, 0.15) is 26.2 Å². The minimum atomic E-state index is -0.836. The molecule has 4 heteroatoms. The molecule has 1 saturated heterocycles. The first-order valence-electron chi connectivity index (χ1n) is 5.16. The summed E-state index contributed by atoms with van der Waals surface area (Å²) in [4.78, 5) is 13.6. The molecule has 2 N–H and O–H groups in total. The number of ether oxygens (including phenoxy) is 1.